The van der Waals surface area contributed by atoms with Gasteiger partial charge in [-0.25, -0.2) is 0 Å². The molecule has 0 radical (unpaired) electrons. The van der Waals surface area contributed by atoms with Crippen LogP contribution in [0, 0.1) is 0 Å². The molecular formula is C12H15NS. The zero-order valence-corrected chi connectivity index (χ0v) is 9.02. The minimum atomic E-state index is 0.622. The van der Waals surface area contributed by atoms with Crippen LogP contribution >= 0.6 is 11.8 Å². The highest BCUT2D eigenvalue weighted by Gasteiger charge is 2.11. The third-order valence-electron chi connectivity index (χ3n) is 2.43. The van der Waals surface area contributed by atoms with E-state index in [1.54, 1.807) is 0 Å². The quantitative estimate of drug-likeness (QED) is 0.803. The molecule has 74 valence electrons. The molecule has 1 aliphatic rings. The highest BCUT2D eigenvalue weighted by atomic mass is 32.2. The van der Waals surface area contributed by atoms with Crippen LogP contribution in [-0.2, 0) is 6.42 Å². The molecule has 0 saturated carbocycles. The zero-order chi connectivity index (χ0) is 9.80. The Morgan fingerprint density at radius 1 is 1.43 bits per heavy atom. The second-order valence-corrected chi connectivity index (χ2v) is 4.55. The van der Waals surface area contributed by atoms with E-state index in [4.69, 9.17) is 5.73 Å². The van der Waals surface area contributed by atoms with Crippen molar-refractivity contribution in [3.63, 3.8) is 0 Å². The lowest BCUT2D eigenvalue weighted by atomic mass is 10.0. The number of benzene rings is 1. The molecule has 1 nitrogen and oxygen atoms in total. The minimum absolute atomic E-state index is 0.622. The molecule has 1 aromatic rings. The predicted octanol–water partition coefficient (Wildman–Crippen LogP) is 2.70. The van der Waals surface area contributed by atoms with E-state index in [2.05, 4.69) is 24.3 Å². The van der Waals surface area contributed by atoms with Crippen LogP contribution in [0.2, 0.25) is 0 Å². The lowest BCUT2D eigenvalue weighted by Crippen LogP contribution is -2.00. The number of hydrogen-bond acceptors (Lipinski definition) is 2. The van der Waals surface area contributed by atoms with Crippen molar-refractivity contribution in [2.45, 2.75) is 17.7 Å². The molecule has 14 heavy (non-hydrogen) atoms. The summed E-state index contributed by atoms with van der Waals surface area (Å²) < 4.78 is 0. The lowest BCUT2D eigenvalue weighted by Gasteiger charge is -2.17. The first kappa shape index (κ1) is 9.81. The SMILES string of the molecule is NC/C=C/c1cccc2c1CCCS2. The summed E-state index contributed by atoms with van der Waals surface area (Å²) in [6.45, 7) is 0.622. The number of nitrogens with two attached hydrogens (primary N) is 1. The Labute approximate surface area is 89.4 Å². The van der Waals surface area contributed by atoms with Crippen LogP contribution < -0.4 is 5.73 Å². The van der Waals surface area contributed by atoms with Crippen molar-refractivity contribution in [3.05, 3.63) is 35.4 Å². The largest absolute Gasteiger partial charge is 0.327 e. The van der Waals surface area contributed by atoms with Gasteiger partial charge in [-0.2, -0.15) is 0 Å². The van der Waals surface area contributed by atoms with Crippen molar-refractivity contribution < 1.29 is 0 Å². The molecule has 1 heterocycles. The second kappa shape index (κ2) is 4.67. The molecule has 0 bridgehead atoms. The molecule has 0 unspecified atom stereocenters. The van der Waals surface area contributed by atoms with Gasteiger partial charge in [-0.05, 0) is 35.8 Å². The topological polar surface area (TPSA) is 26.0 Å². The van der Waals surface area contributed by atoms with Crippen molar-refractivity contribution in [2.24, 2.45) is 5.73 Å². The van der Waals surface area contributed by atoms with Crippen molar-refractivity contribution in [1.29, 1.82) is 0 Å². The van der Waals surface area contributed by atoms with Crippen molar-refractivity contribution in [1.82, 2.24) is 0 Å². The summed E-state index contributed by atoms with van der Waals surface area (Å²) in [5.74, 6) is 1.26. The average molecular weight is 205 g/mol. The van der Waals surface area contributed by atoms with Crippen LogP contribution in [0.3, 0.4) is 0 Å². The summed E-state index contributed by atoms with van der Waals surface area (Å²) in [6, 6.07) is 6.53. The van der Waals surface area contributed by atoms with Crippen LogP contribution in [0.25, 0.3) is 6.08 Å². The minimum Gasteiger partial charge on any atom is -0.327 e. The van der Waals surface area contributed by atoms with Gasteiger partial charge in [-0.15, -0.1) is 11.8 Å². The number of hydrogen-bond donors (Lipinski definition) is 1. The van der Waals surface area contributed by atoms with Crippen molar-refractivity contribution in [2.75, 3.05) is 12.3 Å². The lowest BCUT2D eigenvalue weighted by molar-refractivity contribution is 0.887. The summed E-state index contributed by atoms with van der Waals surface area (Å²) in [4.78, 5) is 1.45. The third-order valence-corrected chi connectivity index (χ3v) is 3.62. The molecular weight excluding hydrogens is 190 g/mol. The van der Waals surface area contributed by atoms with Gasteiger partial charge in [0.1, 0.15) is 0 Å². The summed E-state index contributed by atoms with van der Waals surface area (Å²) in [7, 11) is 0. The highest BCUT2D eigenvalue weighted by Crippen LogP contribution is 2.32. The van der Waals surface area contributed by atoms with Gasteiger partial charge in [0, 0.05) is 11.4 Å². The molecule has 1 aliphatic heterocycles. The van der Waals surface area contributed by atoms with Gasteiger partial charge >= 0.3 is 0 Å². The van der Waals surface area contributed by atoms with Crippen LogP contribution in [0.5, 0.6) is 0 Å². The average Bonchev–Trinajstić information content (AvgIpc) is 2.26. The molecule has 0 spiro atoms. The molecule has 0 amide bonds. The summed E-state index contributed by atoms with van der Waals surface area (Å²) >= 11 is 1.97. The number of fused-ring (bicyclic) bond motifs is 1. The summed E-state index contributed by atoms with van der Waals surface area (Å²) in [5, 5.41) is 0. The molecule has 2 rings (SSSR count). The first-order valence-corrected chi connectivity index (χ1v) is 6.01. The van der Waals surface area contributed by atoms with E-state index in [-0.39, 0.29) is 0 Å². The number of thioether (sulfide) groups is 1. The van der Waals surface area contributed by atoms with Crippen LogP contribution in [0.15, 0.2) is 29.2 Å². The first-order valence-electron chi connectivity index (χ1n) is 5.03. The molecule has 0 saturated heterocycles. The van der Waals surface area contributed by atoms with E-state index >= 15 is 0 Å². The van der Waals surface area contributed by atoms with Gasteiger partial charge in [-0.1, -0.05) is 24.3 Å². The normalized spacial score (nSPS) is 15.8. The Morgan fingerprint density at radius 3 is 3.21 bits per heavy atom. The zero-order valence-electron chi connectivity index (χ0n) is 8.20. The maximum absolute atomic E-state index is 5.46. The Morgan fingerprint density at radius 2 is 2.36 bits per heavy atom. The van der Waals surface area contributed by atoms with Gasteiger partial charge in [0.2, 0.25) is 0 Å². The van der Waals surface area contributed by atoms with Gasteiger partial charge in [-0.3, -0.25) is 0 Å². The fourth-order valence-electron chi connectivity index (χ4n) is 1.77. The maximum atomic E-state index is 5.46. The molecule has 0 aromatic heterocycles. The smallest absolute Gasteiger partial charge is 0.0110 e. The van der Waals surface area contributed by atoms with Crippen LogP contribution in [0.1, 0.15) is 17.5 Å². The van der Waals surface area contributed by atoms with Gasteiger partial charge < -0.3 is 5.73 Å². The van der Waals surface area contributed by atoms with E-state index in [0.717, 1.165) is 0 Å². The third kappa shape index (κ3) is 2.02. The predicted molar refractivity (Wildman–Crippen MR) is 63.6 cm³/mol. The van der Waals surface area contributed by atoms with E-state index in [0.29, 0.717) is 6.54 Å². The Kier molecular flexibility index (Phi) is 3.27. The van der Waals surface area contributed by atoms with E-state index < -0.39 is 0 Å². The fourth-order valence-corrected chi connectivity index (χ4v) is 2.85. The van der Waals surface area contributed by atoms with E-state index in [9.17, 15) is 0 Å². The number of rotatable bonds is 2. The van der Waals surface area contributed by atoms with Crippen molar-refractivity contribution in [3.8, 4) is 0 Å². The Balaban J connectivity index is 2.35. The van der Waals surface area contributed by atoms with Gasteiger partial charge in [0.15, 0.2) is 0 Å². The van der Waals surface area contributed by atoms with Gasteiger partial charge in [0.05, 0.1) is 0 Å². The molecule has 1 aromatic carbocycles. The summed E-state index contributed by atoms with van der Waals surface area (Å²) in [6.07, 6.45) is 6.68. The Hall–Kier alpha value is -0.730. The maximum Gasteiger partial charge on any atom is 0.0110 e. The Bertz CT molecular complexity index is 344. The first-order chi connectivity index (χ1) is 6.92. The van der Waals surface area contributed by atoms with Crippen molar-refractivity contribution >= 4 is 17.8 Å². The van der Waals surface area contributed by atoms with E-state index in [1.807, 2.05) is 17.8 Å². The second-order valence-electron chi connectivity index (χ2n) is 3.41. The molecule has 2 heteroatoms. The standard InChI is InChI=1S/C12H15NS/c13-8-2-5-10-4-1-7-12-11(10)6-3-9-14-12/h1-2,4-5,7H,3,6,8-9,13H2/b5-2+. The highest BCUT2D eigenvalue weighted by molar-refractivity contribution is 7.99. The summed E-state index contributed by atoms with van der Waals surface area (Å²) in [5.41, 5.74) is 8.32. The molecule has 2 N–H and O–H groups in total. The fraction of sp³-hybridized carbons (Fsp3) is 0.333. The van der Waals surface area contributed by atoms with E-state index in [1.165, 1.54) is 34.6 Å². The molecule has 0 fully saturated rings. The monoisotopic (exact) mass is 205 g/mol. The molecule has 0 atom stereocenters. The molecule has 0 aliphatic carbocycles. The van der Waals surface area contributed by atoms with Crippen LogP contribution in [-0.4, -0.2) is 12.3 Å². The van der Waals surface area contributed by atoms with Crippen LogP contribution in [0.4, 0.5) is 0 Å². The van der Waals surface area contributed by atoms with Gasteiger partial charge in [0.25, 0.3) is 0 Å².